The minimum absolute atomic E-state index is 0.281. The zero-order valence-corrected chi connectivity index (χ0v) is 17.6. The first kappa shape index (κ1) is 20.7. The van der Waals surface area contributed by atoms with Crippen molar-refractivity contribution in [1.82, 2.24) is 9.80 Å². The van der Waals surface area contributed by atoms with Gasteiger partial charge in [0.25, 0.3) is 0 Å². The van der Waals surface area contributed by atoms with Crippen molar-refractivity contribution in [2.45, 2.75) is 46.3 Å². The fraction of sp³-hybridized carbons (Fsp3) is 0.524. The van der Waals surface area contributed by atoms with E-state index >= 15 is 0 Å². The van der Waals surface area contributed by atoms with Crippen LogP contribution in [0.4, 0.5) is 4.79 Å². The van der Waals surface area contributed by atoms with Crippen LogP contribution in [0.5, 0.6) is 0 Å². The lowest BCUT2D eigenvalue weighted by Gasteiger charge is -2.35. The zero-order chi connectivity index (χ0) is 20.5. The molecule has 0 spiro atoms. The Kier molecular flexibility index (Phi) is 6.01. The number of piperazine rings is 1. The highest BCUT2D eigenvalue weighted by Crippen LogP contribution is 2.27. The van der Waals surface area contributed by atoms with Gasteiger partial charge in [-0.25, -0.2) is 9.59 Å². The second kappa shape index (κ2) is 8.13. The fourth-order valence-electron chi connectivity index (χ4n) is 3.35. The first-order chi connectivity index (χ1) is 13.2. The van der Waals surface area contributed by atoms with Crippen molar-refractivity contribution in [1.29, 1.82) is 0 Å². The van der Waals surface area contributed by atoms with Crippen LogP contribution in [0.1, 0.15) is 38.8 Å². The maximum Gasteiger partial charge on any atom is 0.410 e. The largest absolute Gasteiger partial charge is 0.444 e. The van der Waals surface area contributed by atoms with Gasteiger partial charge in [0.2, 0.25) is 0 Å². The highest BCUT2D eigenvalue weighted by Gasteiger charge is 2.26. The predicted molar refractivity (Wildman–Crippen MR) is 110 cm³/mol. The van der Waals surface area contributed by atoms with Gasteiger partial charge in [-0.05, 0) is 50.5 Å². The fourth-order valence-corrected chi connectivity index (χ4v) is 3.64. The number of carbonyl (C=O) groups excluding carboxylic acids is 1. The first-order valence-electron chi connectivity index (χ1n) is 9.61. The molecule has 0 radical (unpaired) electrons. The highest BCUT2D eigenvalue weighted by molar-refractivity contribution is 6.32. The molecule has 1 aliphatic rings. The molecule has 6 nitrogen and oxygen atoms in total. The molecule has 3 rings (SSSR count). The average Bonchev–Trinajstić information content (AvgIpc) is 2.61. The smallest absolute Gasteiger partial charge is 0.410 e. The van der Waals surface area contributed by atoms with E-state index in [4.69, 9.17) is 20.8 Å². The summed E-state index contributed by atoms with van der Waals surface area (Å²) < 4.78 is 10.8. The van der Waals surface area contributed by atoms with Gasteiger partial charge in [0.1, 0.15) is 11.2 Å². The van der Waals surface area contributed by atoms with Crippen molar-refractivity contribution < 1.29 is 13.9 Å². The van der Waals surface area contributed by atoms with Gasteiger partial charge in [-0.1, -0.05) is 18.5 Å². The third kappa shape index (κ3) is 4.86. The van der Waals surface area contributed by atoms with Crippen molar-refractivity contribution in [2.75, 3.05) is 26.2 Å². The van der Waals surface area contributed by atoms with E-state index in [0.29, 0.717) is 43.3 Å². The van der Waals surface area contributed by atoms with E-state index in [1.807, 2.05) is 39.8 Å². The summed E-state index contributed by atoms with van der Waals surface area (Å²) in [6, 6.07) is 5.26. The maximum absolute atomic E-state index is 12.2. The number of fused-ring (bicyclic) bond motifs is 1. The van der Waals surface area contributed by atoms with Gasteiger partial charge in [-0.15, -0.1) is 0 Å². The van der Waals surface area contributed by atoms with Crippen LogP contribution in [0, 0.1) is 0 Å². The van der Waals surface area contributed by atoms with Crippen LogP contribution in [-0.2, 0) is 17.7 Å². The van der Waals surface area contributed by atoms with Crippen LogP contribution in [0.2, 0.25) is 5.02 Å². The van der Waals surface area contributed by atoms with E-state index in [1.165, 1.54) is 6.07 Å². The number of rotatable bonds is 3. The number of halogens is 1. The van der Waals surface area contributed by atoms with Gasteiger partial charge in [0.05, 0.1) is 0 Å². The van der Waals surface area contributed by atoms with E-state index in [-0.39, 0.29) is 11.7 Å². The normalized spacial score (nSPS) is 15.8. The van der Waals surface area contributed by atoms with E-state index in [1.54, 1.807) is 4.90 Å². The van der Waals surface area contributed by atoms with Crippen LogP contribution in [0.3, 0.4) is 0 Å². The third-order valence-corrected chi connectivity index (χ3v) is 5.15. The Hall–Kier alpha value is -2.05. The molecule has 1 aliphatic heterocycles. The van der Waals surface area contributed by atoms with Gasteiger partial charge in [0, 0.05) is 49.2 Å². The molecule has 0 unspecified atom stereocenters. The molecule has 0 aliphatic carbocycles. The van der Waals surface area contributed by atoms with Crippen LogP contribution in [0.25, 0.3) is 11.0 Å². The van der Waals surface area contributed by atoms with E-state index in [0.717, 1.165) is 22.9 Å². The number of carbonyl (C=O) groups is 1. The summed E-state index contributed by atoms with van der Waals surface area (Å²) in [4.78, 5) is 28.2. The monoisotopic (exact) mass is 406 g/mol. The van der Waals surface area contributed by atoms with Crippen molar-refractivity contribution in [3.63, 3.8) is 0 Å². The summed E-state index contributed by atoms with van der Waals surface area (Å²) in [6.07, 6.45) is 0.492. The quantitative estimate of drug-likeness (QED) is 0.719. The van der Waals surface area contributed by atoms with Crippen LogP contribution >= 0.6 is 11.6 Å². The van der Waals surface area contributed by atoms with Crippen molar-refractivity contribution in [2.24, 2.45) is 0 Å². The molecular formula is C21H27ClN2O4. The number of benzene rings is 1. The number of amides is 1. The summed E-state index contributed by atoms with van der Waals surface area (Å²) in [7, 11) is 0. The summed E-state index contributed by atoms with van der Waals surface area (Å²) in [5.41, 5.74) is 1.55. The molecule has 1 saturated heterocycles. The highest BCUT2D eigenvalue weighted by atomic mass is 35.5. The minimum atomic E-state index is -0.498. The topological polar surface area (TPSA) is 63.0 Å². The lowest BCUT2D eigenvalue weighted by molar-refractivity contribution is 0.0139. The molecule has 0 atom stereocenters. The van der Waals surface area contributed by atoms with Gasteiger partial charge >= 0.3 is 11.7 Å². The van der Waals surface area contributed by atoms with E-state index in [9.17, 15) is 9.59 Å². The molecule has 1 aromatic carbocycles. The van der Waals surface area contributed by atoms with E-state index < -0.39 is 5.60 Å². The Labute approximate surface area is 170 Å². The molecule has 0 bridgehead atoms. The number of hydrogen-bond donors (Lipinski definition) is 0. The maximum atomic E-state index is 12.2. The molecular weight excluding hydrogens is 380 g/mol. The van der Waals surface area contributed by atoms with Gasteiger partial charge < -0.3 is 14.1 Å². The third-order valence-electron chi connectivity index (χ3n) is 4.80. The molecule has 2 heterocycles. The Balaban J connectivity index is 1.73. The zero-order valence-electron chi connectivity index (χ0n) is 16.9. The van der Waals surface area contributed by atoms with Crippen LogP contribution < -0.4 is 5.63 Å². The lowest BCUT2D eigenvalue weighted by Crippen LogP contribution is -2.49. The second-order valence-electron chi connectivity index (χ2n) is 8.13. The summed E-state index contributed by atoms with van der Waals surface area (Å²) in [5.74, 6) is 0. The van der Waals surface area contributed by atoms with Gasteiger partial charge in [-0.2, -0.15) is 0 Å². The number of nitrogens with zero attached hydrogens (tertiary/aromatic N) is 2. The molecule has 1 aromatic heterocycles. The SMILES string of the molecule is CCc1cc2oc(=O)cc(CN3CCN(C(=O)OC(C)(C)C)CC3)c2cc1Cl. The molecule has 0 N–H and O–H groups in total. The second-order valence-corrected chi connectivity index (χ2v) is 8.53. The van der Waals surface area contributed by atoms with Crippen molar-refractivity contribution in [3.05, 3.63) is 44.8 Å². The molecule has 1 amide bonds. The lowest BCUT2D eigenvalue weighted by atomic mass is 10.1. The molecule has 1 fully saturated rings. The van der Waals surface area contributed by atoms with E-state index in [2.05, 4.69) is 4.90 Å². The molecule has 0 saturated carbocycles. The number of hydrogen-bond acceptors (Lipinski definition) is 5. The van der Waals surface area contributed by atoms with Gasteiger partial charge in [0.15, 0.2) is 0 Å². The summed E-state index contributed by atoms with van der Waals surface area (Å²) in [6.45, 7) is 10.8. The Morgan fingerprint density at radius 2 is 1.82 bits per heavy atom. The van der Waals surface area contributed by atoms with Gasteiger partial charge in [-0.3, -0.25) is 4.90 Å². The average molecular weight is 407 g/mol. The summed E-state index contributed by atoms with van der Waals surface area (Å²) >= 11 is 6.37. The Morgan fingerprint density at radius 1 is 1.14 bits per heavy atom. The Bertz CT molecular complexity index is 924. The first-order valence-corrected chi connectivity index (χ1v) is 9.99. The minimum Gasteiger partial charge on any atom is -0.444 e. The van der Waals surface area contributed by atoms with Crippen LogP contribution in [-0.4, -0.2) is 47.7 Å². The number of ether oxygens (including phenoxy) is 1. The molecule has 152 valence electrons. The Morgan fingerprint density at radius 3 is 2.43 bits per heavy atom. The molecule has 7 heteroatoms. The molecule has 28 heavy (non-hydrogen) atoms. The predicted octanol–water partition coefficient (Wildman–Crippen LogP) is 4.06. The van der Waals surface area contributed by atoms with Crippen LogP contribution in [0.15, 0.2) is 27.4 Å². The van der Waals surface area contributed by atoms with Crippen molar-refractivity contribution in [3.8, 4) is 0 Å². The van der Waals surface area contributed by atoms with Crippen molar-refractivity contribution >= 4 is 28.7 Å². The number of aryl methyl sites for hydroxylation is 1. The molecule has 2 aromatic rings. The summed E-state index contributed by atoms with van der Waals surface area (Å²) in [5, 5.41) is 1.54. The standard InChI is InChI=1S/C21H27ClN2O4/c1-5-14-10-18-16(12-17(14)22)15(11-19(25)27-18)13-23-6-8-24(9-7-23)20(26)28-21(2,3)4/h10-12H,5-9,13H2,1-4H3.